The van der Waals surface area contributed by atoms with Gasteiger partial charge in [0, 0.05) is 12.3 Å². The van der Waals surface area contributed by atoms with E-state index in [1.807, 2.05) is 13.8 Å². The molecule has 1 heterocycles. The van der Waals surface area contributed by atoms with Gasteiger partial charge >= 0.3 is 11.9 Å². The summed E-state index contributed by atoms with van der Waals surface area (Å²) in [5, 5.41) is 9.12. The molecule has 0 bridgehead atoms. The molecule has 0 amide bonds. The number of rotatable bonds is 3. The average molecular weight is 282 g/mol. The molecule has 0 spiro atoms. The maximum absolute atomic E-state index is 11.8. The van der Waals surface area contributed by atoms with E-state index in [2.05, 4.69) is 0 Å². The molecule has 1 N–H and O–H groups in total. The first-order valence-corrected chi connectivity index (χ1v) is 7.20. The Hall–Kier alpha value is -1.39. The lowest BCUT2D eigenvalue weighted by Crippen LogP contribution is -2.45. The highest BCUT2D eigenvalue weighted by atomic mass is 16.6. The minimum Gasteiger partial charge on any atom is -0.481 e. The van der Waals surface area contributed by atoms with E-state index in [4.69, 9.17) is 9.84 Å². The Balaban J connectivity index is 2.41. The van der Waals surface area contributed by atoms with Crippen LogP contribution in [0, 0.1) is 29.1 Å². The summed E-state index contributed by atoms with van der Waals surface area (Å²) >= 11 is 0. The fraction of sp³-hybridized carbons (Fsp3) is 0.800. The zero-order valence-electron chi connectivity index (χ0n) is 12.2. The van der Waals surface area contributed by atoms with Crippen LogP contribution >= 0.6 is 0 Å². The number of esters is 1. The molecule has 0 aromatic heterocycles. The van der Waals surface area contributed by atoms with Crippen molar-refractivity contribution < 1.29 is 24.2 Å². The second kappa shape index (κ2) is 5.19. The summed E-state index contributed by atoms with van der Waals surface area (Å²) in [6.45, 7) is 5.57. The summed E-state index contributed by atoms with van der Waals surface area (Å²) in [6, 6.07) is 0. The molecule has 1 saturated carbocycles. The average Bonchev–Trinajstić information content (AvgIpc) is 2.63. The van der Waals surface area contributed by atoms with E-state index in [1.165, 1.54) is 0 Å². The molecular weight excluding hydrogens is 260 g/mol. The predicted molar refractivity (Wildman–Crippen MR) is 70.8 cm³/mol. The fourth-order valence-corrected chi connectivity index (χ4v) is 3.99. The van der Waals surface area contributed by atoms with Crippen LogP contribution in [-0.4, -0.2) is 29.4 Å². The lowest BCUT2D eigenvalue weighted by molar-refractivity contribution is -0.154. The summed E-state index contributed by atoms with van der Waals surface area (Å²) in [5.74, 6) is -1.56. The van der Waals surface area contributed by atoms with Crippen LogP contribution in [-0.2, 0) is 19.1 Å². The minimum atomic E-state index is -0.917. The van der Waals surface area contributed by atoms with Gasteiger partial charge in [-0.05, 0) is 31.6 Å². The van der Waals surface area contributed by atoms with Crippen molar-refractivity contribution in [1.29, 1.82) is 0 Å². The van der Waals surface area contributed by atoms with E-state index in [0.29, 0.717) is 0 Å². The number of carbonyl (C=O) groups excluding carboxylic acids is 2. The first-order chi connectivity index (χ1) is 9.31. The van der Waals surface area contributed by atoms with E-state index >= 15 is 0 Å². The first kappa shape index (κ1) is 15.0. The summed E-state index contributed by atoms with van der Waals surface area (Å²) < 4.78 is 5.46. The van der Waals surface area contributed by atoms with Gasteiger partial charge in [0.05, 0.1) is 11.3 Å². The van der Waals surface area contributed by atoms with Gasteiger partial charge in [0.25, 0.3) is 0 Å². The molecule has 0 radical (unpaired) electrons. The van der Waals surface area contributed by atoms with Crippen molar-refractivity contribution in [3.8, 4) is 0 Å². The maximum Gasteiger partial charge on any atom is 0.309 e. The van der Waals surface area contributed by atoms with Gasteiger partial charge in [0.15, 0.2) is 0 Å². The third-order valence-corrected chi connectivity index (χ3v) is 5.35. The SMILES string of the molecule is C[C@H]1CC[C@@H]2[C@@H](OC(=O)[C@@H]2C)[C@](C)(C=O)[C@H]1CC(=O)O. The quantitative estimate of drug-likeness (QED) is 0.631. The van der Waals surface area contributed by atoms with Crippen LogP contribution in [0.25, 0.3) is 0 Å². The van der Waals surface area contributed by atoms with Crippen LogP contribution in [0.2, 0.25) is 0 Å². The molecule has 112 valence electrons. The minimum absolute atomic E-state index is 0.0129. The van der Waals surface area contributed by atoms with Gasteiger partial charge in [-0.3, -0.25) is 9.59 Å². The second-order valence-electron chi connectivity index (χ2n) is 6.55. The molecule has 1 aliphatic carbocycles. The number of carboxylic acid groups (broad SMARTS) is 1. The van der Waals surface area contributed by atoms with Crippen LogP contribution in [0.5, 0.6) is 0 Å². The summed E-state index contributed by atoms with van der Waals surface area (Å²) in [7, 11) is 0. The highest BCUT2D eigenvalue weighted by Gasteiger charge is 2.57. The van der Waals surface area contributed by atoms with Crippen LogP contribution in [0.4, 0.5) is 0 Å². The first-order valence-electron chi connectivity index (χ1n) is 7.20. The second-order valence-corrected chi connectivity index (χ2v) is 6.55. The highest BCUT2D eigenvalue weighted by molar-refractivity contribution is 5.77. The Morgan fingerprint density at radius 3 is 2.65 bits per heavy atom. The molecule has 20 heavy (non-hydrogen) atoms. The van der Waals surface area contributed by atoms with Gasteiger partial charge in [-0.1, -0.05) is 13.8 Å². The molecule has 5 heteroatoms. The monoisotopic (exact) mass is 282 g/mol. The van der Waals surface area contributed by atoms with Gasteiger partial charge in [-0.15, -0.1) is 0 Å². The number of aliphatic carboxylic acids is 1. The molecule has 1 saturated heterocycles. The van der Waals surface area contributed by atoms with Crippen LogP contribution in [0.3, 0.4) is 0 Å². The van der Waals surface area contributed by atoms with E-state index < -0.39 is 17.5 Å². The third kappa shape index (κ3) is 2.23. The maximum atomic E-state index is 11.8. The summed E-state index contributed by atoms with van der Waals surface area (Å²) in [5.41, 5.74) is -0.917. The Labute approximate surface area is 118 Å². The van der Waals surface area contributed by atoms with Gasteiger partial charge in [-0.25, -0.2) is 0 Å². The van der Waals surface area contributed by atoms with Crippen molar-refractivity contribution in [2.45, 2.75) is 46.1 Å². The molecule has 2 fully saturated rings. The smallest absolute Gasteiger partial charge is 0.309 e. The standard InChI is InChI=1S/C15H22O5/c1-8-4-5-10-9(2)14(19)20-13(10)15(3,7-16)11(8)6-12(17)18/h7-11,13H,4-6H2,1-3H3,(H,17,18)/t8-,9+,10-,11-,13+,15+/m0/s1. The fourth-order valence-electron chi connectivity index (χ4n) is 3.99. The Bertz CT molecular complexity index is 426. The number of carboxylic acids is 1. The molecule has 0 aromatic rings. The number of carbonyl (C=O) groups is 3. The highest BCUT2D eigenvalue weighted by Crippen LogP contribution is 2.51. The normalized spacial score (nSPS) is 44.4. The molecular formula is C15H22O5. The largest absolute Gasteiger partial charge is 0.481 e. The summed E-state index contributed by atoms with van der Waals surface area (Å²) in [6.07, 6.45) is 1.88. The molecule has 2 rings (SSSR count). The molecule has 1 aliphatic heterocycles. The van der Waals surface area contributed by atoms with E-state index in [1.54, 1.807) is 6.92 Å². The van der Waals surface area contributed by atoms with Crippen LogP contribution in [0.1, 0.15) is 40.0 Å². The number of hydrogen-bond donors (Lipinski definition) is 1. The van der Waals surface area contributed by atoms with E-state index in [0.717, 1.165) is 19.1 Å². The van der Waals surface area contributed by atoms with Crippen LogP contribution < -0.4 is 0 Å². The van der Waals surface area contributed by atoms with E-state index in [9.17, 15) is 14.4 Å². The molecule has 0 aromatic carbocycles. The molecule has 6 atom stereocenters. The van der Waals surface area contributed by atoms with Crippen LogP contribution in [0.15, 0.2) is 0 Å². The Morgan fingerprint density at radius 2 is 2.10 bits per heavy atom. The molecule has 5 nitrogen and oxygen atoms in total. The van der Waals surface area contributed by atoms with Crippen molar-refractivity contribution in [3.05, 3.63) is 0 Å². The lowest BCUT2D eigenvalue weighted by Gasteiger charge is -2.38. The van der Waals surface area contributed by atoms with Gasteiger partial charge < -0.3 is 14.6 Å². The molecule has 0 unspecified atom stereocenters. The third-order valence-electron chi connectivity index (χ3n) is 5.35. The van der Waals surface area contributed by atoms with Crippen molar-refractivity contribution >= 4 is 18.2 Å². The zero-order valence-corrected chi connectivity index (χ0v) is 12.2. The van der Waals surface area contributed by atoms with Crippen molar-refractivity contribution in [3.63, 3.8) is 0 Å². The Morgan fingerprint density at radius 1 is 1.45 bits per heavy atom. The summed E-state index contributed by atoms with van der Waals surface area (Å²) in [4.78, 5) is 34.7. The van der Waals surface area contributed by atoms with Crippen molar-refractivity contribution in [2.75, 3.05) is 0 Å². The van der Waals surface area contributed by atoms with Crippen molar-refractivity contribution in [2.24, 2.45) is 29.1 Å². The predicted octanol–water partition coefficient (Wildman–Crippen LogP) is 1.89. The lowest BCUT2D eigenvalue weighted by atomic mass is 9.66. The van der Waals surface area contributed by atoms with E-state index in [-0.39, 0.29) is 36.1 Å². The van der Waals surface area contributed by atoms with Crippen molar-refractivity contribution in [1.82, 2.24) is 0 Å². The molecule has 2 aliphatic rings. The van der Waals surface area contributed by atoms with Gasteiger partial charge in [0.2, 0.25) is 0 Å². The van der Waals surface area contributed by atoms with Gasteiger partial charge in [0.1, 0.15) is 12.4 Å². The number of aldehydes is 1. The number of fused-ring (bicyclic) bond motifs is 1. The number of ether oxygens (including phenoxy) is 1. The number of hydrogen-bond acceptors (Lipinski definition) is 4. The van der Waals surface area contributed by atoms with Gasteiger partial charge in [-0.2, -0.15) is 0 Å². The topological polar surface area (TPSA) is 80.7 Å². The Kier molecular flexibility index (Phi) is 3.89. The zero-order chi connectivity index (χ0) is 15.1.